The molecule has 164 valence electrons. The Bertz CT molecular complexity index is 1140. The van der Waals surface area contributed by atoms with Crippen molar-refractivity contribution in [1.29, 1.82) is 0 Å². The largest absolute Gasteiger partial charge is 0.485 e. The molecule has 0 saturated heterocycles. The number of Topliss-reactive ketones (excluding diaryl/α,β-unsaturated/α-hetero) is 1. The fraction of sp³-hybridized carbons (Fsp3) is 0.217. The van der Waals surface area contributed by atoms with Crippen LogP contribution >= 0.6 is 11.8 Å². The van der Waals surface area contributed by atoms with Gasteiger partial charge in [0.1, 0.15) is 6.61 Å². The molecule has 4 rings (SSSR count). The zero-order chi connectivity index (χ0) is 22.5. The van der Waals surface area contributed by atoms with Crippen molar-refractivity contribution in [2.24, 2.45) is 0 Å². The average Bonchev–Trinajstić information content (AvgIpc) is 3.20. The van der Waals surface area contributed by atoms with Gasteiger partial charge in [0.05, 0.1) is 5.75 Å². The second-order valence-electron chi connectivity index (χ2n) is 7.07. The third kappa shape index (κ3) is 4.83. The first-order valence-corrected chi connectivity index (χ1v) is 11.0. The van der Waals surface area contributed by atoms with Crippen molar-refractivity contribution in [1.82, 2.24) is 14.8 Å². The molecule has 1 amide bonds. The lowest BCUT2D eigenvalue weighted by molar-refractivity contribution is -0.114. The number of amides is 1. The predicted molar refractivity (Wildman–Crippen MR) is 121 cm³/mol. The van der Waals surface area contributed by atoms with Crippen molar-refractivity contribution >= 4 is 29.1 Å². The molecule has 0 spiro atoms. The van der Waals surface area contributed by atoms with Crippen LogP contribution in [0, 0.1) is 0 Å². The van der Waals surface area contributed by atoms with E-state index in [0.717, 1.165) is 0 Å². The van der Waals surface area contributed by atoms with Gasteiger partial charge < -0.3 is 14.8 Å². The molecule has 1 aliphatic heterocycles. The summed E-state index contributed by atoms with van der Waals surface area (Å²) in [5.74, 6) is 1.96. The van der Waals surface area contributed by atoms with Gasteiger partial charge in [0, 0.05) is 24.7 Å². The van der Waals surface area contributed by atoms with Gasteiger partial charge in [-0.1, -0.05) is 30.0 Å². The number of para-hydroxylation sites is 2. The SMILES string of the molecule is C=CCn1c(SCC(=O)c2ccc(NC(C)=O)cc2)nnc1C1COc2ccccc2O1. The van der Waals surface area contributed by atoms with Crippen molar-refractivity contribution in [2.75, 3.05) is 17.7 Å². The lowest BCUT2D eigenvalue weighted by Crippen LogP contribution is -2.25. The van der Waals surface area contributed by atoms with E-state index in [4.69, 9.17) is 9.47 Å². The van der Waals surface area contributed by atoms with Gasteiger partial charge in [-0.05, 0) is 36.4 Å². The van der Waals surface area contributed by atoms with Crippen LogP contribution in [0.25, 0.3) is 0 Å². The Morgan fingerprint density at radius 2 is 1.94 bits per heavy atom. The molecular formula is C23H22N4O4S. The molecule has 1 atom stereocenters. The number of thioether (sulfide) groups is 1. The first kappa shape index (κ1) is 21.6. The maximum absolute atomic E-state index is 12.6. The van der Waals surface area contributed by atoms with E-state index in [9.17, 15) is 9.59 Å². The summed E-state index contributed by atoms with van der Waals surface area (Å²) < 4.78 is 13.7. The number of nitrogens with one attached hydrogen (secondary N) is 1. The van der Waals surface area contributed by atoms with Crippen molar-refractivity contribution in [3.05, 3.63) is 72.6 Å². The number of fused-ring (bicyclic) bond motifs is 1. The van der Waals surface area contributed by atoms with E-state index in [0.29, 0.717) is 46.9 Å². The summed E-state index contributed by atoms with van der Waals surface area (Å²) in [7, 11) is 0. The molecule has 0 fully saturated rings. The highest BCUT2D eigenvalue weighted by Gasteiger charge is 2.28. The molecular weight excluding hydrogens is 428 g/mol. The monoisotopic (exact) mass is 450 g/mol. The Hall–Kier alpha value is -3.59. The minimum Gasteiger partial charge on any atom is -0.485 e. The van der Waals surface area contributed by atoms with Crippen LogP contribution in [-0.2, 0) is 11.3 Å². The second kappa shape index (κ2) is 9.69. The van der Waals surface area contributed by atoms with Crippen LogP contribution in [0.15, 0.2) is 66.3 Å². The van der Waals surface area contributed by atoms with Gasteiger partial charge in [-0.3, -0.25) is 14.2 Å². The van der Waals surface area contributed by atoms with Crippen molar-refractivity contribution in [3.8, 4) is 11.5 Å². The Morgan fingerprint density at radius 1 is 1.19 bits per heavy atom. The van der Waals surface area contributed by atoms with Crippen LogP contribution < -0.4 is 14.8 Å². The summed E-state index contributed by atoms with van der Waals surface area (Å²) in [4.78, 5) is 23.8. The number of carbonyl (C=O) groups excluding carboxylic acids is 2. The highest BCUT2D eigenvalue weighted by molar-refractivity contribution is 7.99. The van der Waals surface area contributed by atoms with Crippen molar-refractivity contribution < 1.29 is 19.1 Å². The van der Waals surface area contributed by atoms with Crippen molar-refractivity contribution in [2.45, 2.75) is 24.7 Å². The van der Waals surface area contributed by atoms with Crippen molar-refractivity contribution in [3.63, 3.8) is 0 Å². The summed E-state index contributed by atoms with van der Waals surface area (Å²) in [6.07, 6.45) is 1.33. The molecule has 9 heteroatoms. The van der Waals surface area contributed by atoms with E-state index >= 15 is 0 Å². The number of benzene rings is 2. The number of hydrogen-bond acceptors (Lipinski definition) is 7. The first-order valence-electron chi connectivity index (χ1n) is 10.0. The predicted octanol–water partition coefficient (Wildman–Crippen LogP) is 3.91. The number of carbonyl (C=O) groups is 2. The molecule has 1 aliphatic rings. The van der Waals surface area contributed by atoms with Gasteiger partial charge in [-0.2, -0.15) is 0 Å². The number of rotatable bonds is 8. The van der Waals surface area contributed by atoms with E-state index in [1.54, 1.807) is 30.3 Å². The fourth-order valence-electron chi connectivity index (χ4n) is 3.25. The summed E-state index contributed by atoms with van der Waals surface area (Å²) >= 11 is 1.30. The van der Waals surface area contributed by atoms with Gasteiger partial charge in [0.2, 0.25) is 5.91 Å². The first-order chi connectivity index (χ1) is 15.5. The number of hydrogen-bond donors (Lipinski definition) is 1. The molecule has 8 nitrogen and oxygen atoms in total. The molecule has 1 unspecified atom stereocenters. The van der Waals surface area contributed by atoms with Gasteiger partial charge in [-0.25, -0.2) is 0 Å². The topological polar surface area (TPSA) is 95.3 Å². The van der Waals surface area contributed by atoms with Crippen LogP contribution in [-0.4, -0.2) is 38.8 Å². The zero-order valence-corrected chi connectivity index (χ0v) is 18.3. The van der Waals surface area contributed by atoms with Gasteiger partial charge in [0.25, 0.3) is 0 Å². The summed E-state index contributed by atoms with van der Waals surface area (Å²) in [6, 6.07) is 14.3. The fourth-order valence-corrected chi connectivity index (χ4v) is 4.10. The van der Waals surface area contributed by atoms with Gasteiger partial charge >= 0.3 is 0 Å². The molecule has 2 heterocycles. The Labute approximate surface area is 189 Å². The summed E-state index contributed by atoms with van der Waals surface area (Å²) in [5.41, 5.74) is 1.20. The second-order valence-corrected chi connectivity index (χ2v) is 8.02. The van der Waals surface area contributed by atoms with E-state index in [-0.39, 0.29) is 17.4 Å². The molecule has 2 aromatic carbocycles. The van der Waals surface area contributed by atoms with Crippen LogP contribution in [0.4, 0.5) is 5.69 Å². The third-order valence-corrected chi connectivity index (χ3v) is 5.68. The number of nitrogens with zero attached hydrogens (tertiary/aromatic N) is 3. The summed E-state index contributed by atoms with van der Waals surface area (Å²) in [5, 5.41) is 11.9. The molecule has 0 bridgehead atoms. The smallest absolute Gasteiger partial charge is 0.221 e. The Balaban J connectivity index is 1.45. The zero-order valence-electron chi connectivity index (χ0n) is 17.5. The van der Waals surface area contributed by atoms with Gasteiger partial charge in [-0.15, -0.1) is 16.8 Å². The Morgan fingerprint density at radius 3 is 2.66 bits per heavy atom. The van der Waals surface area contributed by atoms with Crippen LogP contribution in [0.5, 0.6) is 11.5 Å². The minimum atomic E-state index is -0.413. The number of aromatic nitrogens is 3. The molecule has 3 aromatic rings. The molecule has 0 aliphatic carbocycles. The molecule has 0 radical (unpaired) electrons. The van der Waals surface area contributed by atoms with Crippen LogP contribution in [0.3, 0.4) is 0 Å². The van der Waals surface area contributed by atoms with E-state index in [1.807, 2.05) is 28.8 Å². The number of ketones is 1. The van der Waals surface area contributed by atoms with Crippen LogP contribution in [0.1, 0.15) is 29.2 Å². The van der Waals surface area contributed by atoms with E-state index < -0.39 is 6.10 Å². The Kier molecular flexibility index (Phi) is 6.55. The lowest BCUT2D eigenvalue weighted by atomic mass is 10.1. The molecule has 32 heavy (non-hydrogen) atoms. The normalized spacial score (nSPS) is 14.6. The highest BCUT2D eigenvalue weighted by Crippen LogP contribution is 2.36. The van der Waals surface area contributed by atoms with Crippen LogP contribution in [0.2, 0.25) is 0 Å². The van der Waals surface area contributed by atoms with Gasteiger partial charge in [0.15, 0.2) is 34.4 Å². The highest BCUT2D eigenvalue weighted by atomic mass is 32.2. The van der Waals surface area contributed by atoms with E-state index in [2.05, 4.69) is 22.1 Å². The maximum atomic E-state index is 12.6. The standard InChI is InChI=1S/C23H22N4O4S/c1-3-12-27-22(21-13-30-19-6-4-5-7-20(19)31-21)25-26-23(27)32-14-18(29)16-8-10-17(11-9-16)24-15(2)28/h3-11,21H,1,12-14H2,2H3,(H,24,28). The number of allylic oxidation sites excluding steroid dienone is 1. The third-order valence-electron chi connectivity index (χ3n) is 4.71. The molecule has 1 aromatic heterocycles. The summed E-state index contributed by atoms with van der Waals surface area (Å²) in [6.45, 7) is 6.05. The quantitative estimate of drug-likeness (QED) is 0.316. The van der Waals surface area contributed by atoms with E-state index in [1.165, 1.54) is 18.7 Å². The molecule has 0 saturated carbocycles. The maximum Gasteiger partial charge on any atom is 0.221 e. The average molecular weight is 451 g/mol. The lowest BCUT2D eigenvalue weighted by Gasteiger charge is -2.26. The molecule has 1 N–H and O–H groups in total. The number of anilines is 1. The minimum absolute atomic E-state index is 0.0507. The number of ether oxygens (including phenoxy) is 2.